The maximum absolute atomic E-state index is 10.7. The SMILES string of the molecule is CCCC=NCC(=O)CC. The molecule has 0 spiro atoms. The van der Waals surface area contributed by atoms with E-state index in [1.165, 1.54) is 0 Å². The molecule has 0 bridgehead atoms. The Morgan fingerprint density at radius 2 is 2.20 bits per heavy atom. The third kappa shape index (κ3) is 5.48. The molecule has 0 aliphatic carbocycles. The molecule has 0 saturated carbocycles. The number of Topliss-reactive ketones (excluding diaryl/α,β-unsaturated/α-hetero) is 1. The Labute approximate surface area is 62.4 Å². The zero-order valence-corrected chi connectivity index (χ0v) is 6.76. The highest BCUT2D eigenvalue weighted by molar-refractivity contribution is 5.81. The summed E-state index contributed by atoms with van der Waals surface area (Å²) >= 11 is 0. The van der Waals surface area contributed by atoms with E-state index in [9.17, 15) is 4.79 Å². The number of nitrogens with zero attached hydrogens (tertiary/aromatic N) is 1. The molecule has 0 aliphatic heterocycles. The zero-order valence-electron chi connectivity index (χ0n) is 6.76. The molecule has 0 saturated heterocycles. The van der Waals surface area contributed by atoms with Gasteiger partial charge in [-0.3, -0.25) is 9.79 Å². The average Bonchev–Trinajstić information content (AvgIpc) is 1.98. The van der Waals surface area contributed by atoms with Gasteiger partial charge in [-0.1, -0.05) is 20.3 Å². The highest BCUT2D eigenvalue weighted by Gasteiger charge is 1.91. The van der Waals surface area contributed by atoms with E-state index in [-0.39, 0.29) is 5.78 Å². The monoisotopic (exact) mass is 141 g/mol. The van der Waals surface area contributed by atoms with Crippen LogP contribution in [0.1, 0.15) is 33.1 Å². The summed E-state index contributed by atoms with van der Waals surface area (Å²) in [5.41, 5.74) is 0. The second-order valence-corrected chi connectivity index (χ2v) is 2.20. The molecule has 2 nitrogen and oxygen atoms in total. The molecule has 0 unspecified atom stereocenters. The molecule has 0 fully saturated rings. The molecule has 10 heavy (non-hydrogen) atoms. The lowest BCUT2D eigenvalue weighted by atomic mass is 10.3. The Kier molecular flexibility index (Phi) is 6.03. The number of aliphatic imine (C=N–C) groups is 1. The van der Waals surface area contributed by atoms with Crippen molar-refractivity contribution in [2.45, 2.75) is 33.1 Å². The Balaban J connectivity index is 3.25. The molecule has 0 radical (unpaired) electrons. The quantitative estimate of drug-likeness (QED) is 0.537. The van der Waals surface area contributed by atoms with Crippen LogP contribution in [0, 0.1) is 0 Å². The van der Waals surface area contributed by atoms with Gasteiger partial charge in [-0.2, -0.15) is 0 Å². The third-order valence-corrected chi connectivity index (χ3v) is 1.21. The van der Waals surface area contributed by atoms with Gasteiger partial charge in [0.05, 0.1) is 6.54 Å². The lowest BCUT2D eigenvalue weighted by Crippen LogP contribution is -1.99. The van der Waals surface area contributed by atoms with Crippen molar-refractivity contribution in [3.63, 3.8) is 0 Å². The van der Waals surface area contributed by atoms with Crippen LogP contribution < -0.4 is 0 Å². The molecule has 58 valence electrons. The van der Waals surface area contributed by atoms with Crippen LogP contribution in [0.2, 0.25) is 0 Å². The number of ketones is 1. The third-order valence-electron chi connectivity index (χ3n) is 1.21. The number of carbonyl (C=O) groups excluding carboxylic acids is 1. The van der Waals surface area contributed by atoms with Gasteiger partial charge in [0.2, 0.25) is 0 Å². The predicted octanol–water partition coefficient (Wildman–Crippen LogP) is 1.84. The molecule has 0 N–H and O–H groups in total. The first kappa shape index (κ1) is 9.34. The van der Waals surface area contributed by atoms with Crippen molar-refractivity contribution in [3.05, 3.63) is 0 Å². The fraction of sp³-hybridized carbons (Fsp3) is 0.750. The van der Waals surface area contributed by atoms with Gasteiger partial charge in [0, 0.05) is 6.42 Å². The fourth-order valence-corrected chi connectivity index (χ4v) is 0.499. The molecule has 0 aliphatic rings. The van der Waals surface area contributed by atoms with Crippen molar-refractivity contribution in [2.75, 3.05) is 6.54 Å². The number of carbonyl (C=O) groups is 1. The molecule has 0 aromatic heterocycles. The summed E-state index contributed by atoms with van der Waals surface area (Å²) in [6.07, 6.45) is 4.51. The van der Waals surface area contributed by atoms with E-state index in [0.717, 1.165) is 12.8 Å². The van der Waals surface area contributed by atoms with E-state index in [0.29, 0.717) is 13.0 Å². The topological polar surface area (TPSA) is 29.4 Å². The lowest BCUT2D eigenvalue weighted by Gasteiger charge is -1.88. The summed E-state index contributed by atoms with van der Waals surface area (Å²) in [6, 6.07) is 0. The minimum Gasteiger partial charge on any atom is -0.298 e. The molecule has 0 aromatic carbocycles. The van der Waals surface area contributed by atoms with Gasteiger partial charge in [-0.25, -0.2) is 0 Å². The summed E-state index contributed by atoms with van der Waals surface area (Å²) in [4.78, 5) is 14.6. The van der Waals surface area contributed by atoms with E-state index in [2.05, 4.69) is 11.9 Å². The van der Waals surface area contributed by atoms with Gasteiger partial charge in [0.25, 0.3) is 0 Å². The molecule has 0 amide bonds. The van der Waals surface area contributed by atoms with Crippen LogP contribution in [0.5, 0.6) is 0 Å². The zero-order chi connectivity index (χ0) is 7.82. The van der Waals surface area contributed by atoms with Gasteiger partial charge in [0.15, 0.2) is 5.78 Å². The van der Waals surface area contributed by atoms with Gasteiger partial charge >= 0.3 is 0 Å². The molecule has 0 rings (SSSR count). The molecule has 0 aromatic rings. The van der Waals surface area contributed by atoms with E-state index >= 15 is 0 Å². The number of hydrogen-bond acceptors (Lipinski definition) is 2. The maximum Gasteiger partial charge on any atom is 0.153 e. The van der Waals surface area contributed by atoms with Crippen LogP contribution >= 0.6 is 0 Å². The van der Waals surface area contributed by atoms with Gasteiger partial charge in [-0.05, 0) is 12.6 Å². The summed E-state index contributed by atoms with van der Waals surface area (Å²) in [5.74, 6) is 0.215. The Morgan fingerprint density at radius 3 is 2.70 bits per heavy atom. The van der Waals surface area contributed by atoms with Crippen LogP contribution in [0.4, 0.5) is 0 Å². The summed E-state index contributed by atoms with van der Waals surface area (Å²) in [5, 5.41) is 0. The highest BCUT2D eigenvalue weighted by atomic mass is 16.1. The van der Waals surface area contributed by atoms with Gasteiger partial charge in [0.1, 0.15) is 0 Å². The fourth-order valence-electron chi connectivity index (χ4n) is 0.499. The summed E-state index contributed by atoms with van der Waals surface area (Å²) < 4.78 is 0. The van der Waals surface area contributed by atoms with Crippen molar-refractivity contribution in [1.82, 2.24) is 0 Å². The Morgan fingerprint density at radius 1 is 1.50 bits per heavy atom. The summed E-state index contributed by atoms with van der Waals surface area (Å²) in [7, 11) is 0. The van der Waals surface area contributed by atoms with Crippen molar-refractivity contribution < 1.29 is 4.79 Å². The first-order chi connectivity index (χ1) is 4.81. The first-order valence-electron chi connectivity index (χ1n) is 3.81. The number of unbranched alkanes of at least 4 members (excludes halogenated alkanes) is 1. The van der Waals surface area contributed by atoms with Crippen molar-refractivity contribution >= 4 is 12.0 Å². The normalized spacial score (nSPS) is 10.6. The Bertz CT molecular complexity index is 118. The number of hydrogen-bond donors (Lipinski definition) is 0. The second kappa shape index (κ2) is 6.46. The first-order valence-corrected chi connectivity index (χ1v) is 3.81. The van der Waals surface area contributed by atoms with E-state index in [4.69, 9.17) is 0 Å². The lowest BCUT2D eigenvalue weighted by molar-refractivity contribution is -0.117. The van der Waals surface area contributed by atoms with Gasteiger partial charge < -0.3 is 0 Å². The minimum atomic E-state index is 0.215. The molecule has 0 atom stereocenters. The summed E-state index contributed by atoms with van der Waals surface area (Å²) in [6.45, 7) is 4.32. The van der Waals surface area contributed by atoms with Crippen LogP contribution in [0.3, 0.4) is 0 Å². The van der Waals surface area contributed by atoms with Crippen LogP contribution in [0.15, 0.2) is 4.99 Å². The minimum absolute atomic E-state index is 0.215. The van der Waals surface area contributed by atoms with Gasteiger partial charge in [-0.15, -0.1) is 0 Å². The average molecular weight is 141 g/mol. The highest BCUT2D eigenvalue weighted by Crippen LogP contribution is 1.84. The van der Waals surface area contributed by atoms with Crippen LogP contribution in [-0.2, 0) is 4.79 Å². The molecule has 2 heteroatoms. The number of rotatable bonds is 5. The van der Waals surface area contributed by atoms with Crippen LogP contribution in [0.25, 0.3) is 0 Å². The smallest absolute Gasteiger partial charge is 0.153 e. The van der Waals surface area contributed by atoms with Crippen molar-refractivity contribution in [3.8, 4) is 0 Å². The maximum atomic E-state index is 10.7. The largest absolute Gasteiger partial charge is 0.298 e. The van der Waals surface area contributed by atoms with Crippen molar-refractivity contribution in [2.24, 2.45) is 4.99 Å². The second-order valence-electron chi connectivity index (χ2n) is 2.20. The standard InChI is InChI=1S/C8H15NO/c1-3-5-6-9-7-8(10)4-2/h6H,3-5,7H2,1-2H3. The van der Waals surface area contributed by atoms with Crippen molar-refractivity contribution in [1.29, 1.82) is 0 Å². The predicted molar refractivity (Wildman–Crippen MR) is 43.6 cm³/mol. The Hall–Kier alpha value is -0.660. The van der Waals surface area contributed by atoms with E-state index < -0.39 is 0 Å². The molecular weight excluding hydrogens is 126 g/mol. The molecule has 0 heterocycles. The molecular formula is C8H15NO. The van der Waals surface area contributed by atoms with Crippen LogP contribution in [-0.4, -0.2) is 18.5 Å². The van der Waals surface area contributed by atoms with E-state index in [1.807, 2.05) is 13.1 Å². The van der Waals surface area contributed by atoms with E-state index in [1.54, 1.807) is 0 Å².